The largest absolute Gasteiger partial charge is 0.496 e. The van der Waals surface area contributed by atoms with E-state index in [4.69, 9.17) is 16.3 Å². The molecule has 3 nitrogen and oxygen atoms in total. The average molecular weight is 281 g/mol. The summed E-state index contributed by atoms with van der Waals surface area (Å²) in [5.74, 6) is -1.30. The lowest BCUT2D eigenvalue weighted by Crippen LogP contribution is -2.13. The van der Waals surface area contributed by atoms with Crippen LogP contribution in [-0.2, 0) is 6.18 Å². The van der Waals surface area contributed by atoms with Crippen molar-refractivity contribution in [1.29, 1.82) is 0 Å². The van der Waals surface area contributed by atoms with Crippen molar-refractivity contribution in [2.45, 2.75) is 6.18 Å². The third-order valence-electron chi connectivity index (χ3n) is 2.23. The molecular formula is C11H8ClF3O3. The summed E-state index contributed by atoms with van der Waals surface area (Å²) in [6.45, 7) is 0. The molecule has 1 rings (SSSR count). The predicted molar refractivity (Wildman–Crippen MR) is 58.4 cm³/mol. The van der Waals surface area contributed by atoms with Crippen LogP contribution in [0.1, 0.15) is 26.3 Å². The van der Waals surface area contributed by atoms with Gasteiger partial charge in [-0.1, -0.05) is 0 Å². The Hall–Kier alpha value is -1.56. The number of rotatable bonds is 4. The SMILES string of the molecule is COc1cc(C=O)c(C(F)(F)F)cc1C(=O)CCl. The van der Waals surface area contributed by atoms with Crippen molar-refractivity contribution in [3.8, 4) is 5.75 Å². The number of carbonyl (C=O) groups is 2. The van der Waals surface area contributed by atoms with Crippen LogP contribution in [0.15, 0.2) is 12.1 Å². The number of aldehydes is 1. The molecule has 0 spiro atoms. The first kappa shape index (κ1) is 14.5. The molecule has 1 aromatic carbocycles. The van der Waals surface area contributed by atoms with Crippen molar-refractivity contribution < 1.29 is 27.5 Å². The smallest absolute Gasteiger partial charge is 0.417 e. The molecule has 0 amide bonds. The summed E-state index contributed by atoms with van der Waals surface area (Å²) in [6, 6.07) is 1.45. The molecule has 0 N–H and O–H groups in total. The molecule has 18 heavy (non-hydrogen) atoms. The van der Waals surface area contributed by atoms with Gasteiger partial charge in [0, 0.05) is 5.56 Å². The number of ether oxygens (including phenoxy) is 1. The van der Waals surface area contributed by atoms with E-state index in [9.17, 15) is 22.8 Å². The highest BCUT2D eigenvalue weighted by Gasteiger charge is 2.35. The number of benzene rings is 1. The molecule has 0 aliphatic rings. The zero-order valence-electron chi connectivity index (χ0n) is 9.18. The molecule has 7 heteroatoms. The number of hydrogen-bond donors (Lipinski definition) is 0. The quantitative estimate of drug-likeness (QED) is 0.484. The Morgan fingerprint density at radius 3 is 2.44 bits per heavy atom. The minimum Gasteiger partial charge on any atom is -0.496 e. The third-order valence-corrected chi connectivity index (χ3v) is 2.47. The molecule has 0 unspecified atom stereocenters. The van der Waals surface area contributed by atoms with Crippen molar-refractivity contribution >= 4 is 23.7 Å². The van der Waals surface area contributed by atoms with Crippen molar-refractivity contribution in [1.82, 2.24) is 0 Å². The fourth-order valence-corrected chi connectivity index (χ4v) is 1.54. The maximum atomic E-state index is 12.7. The van der Waals surface area contributed by atoms with Crippen molar-refractivity contribution in [3.05, 3.63) is 28.8 Å². The Labute approximate surface area is 105 Å². The third kappa shape index (κ3) is 2.81. The highest BCUT2D eigenvalue weighted by atomic mass is 35.5. The highest BCUT2D eigenvalue weighted by Crippen LogP contribution is 2.35. The fourth-order valence-electron chi connectivity index (χ4n) is 1.40. The molecule has 0 aliphatic heterocycles. The Morgan fingerprint density at radius 1 is 1.44 bits per heavy atom. The first-order valence-electron chi connectivity index (χ1n) is 4.68. The molecular weight excluding hydrogens is 273 g/mol. The summed E-state index contributed by atoms with van der Waals surface area (Å²) < 4.78 is 42.8. The van der Waals surface area contributed by atoms with Gasteiger partial charge in [-0.2, -0.15) is 13.2 Å². The number of Topliss-reactive ketones (excluding diaryl/α,β-unsaturated/α-hetero) is 1. The summed E-state index contributed by atoms with van der Waals surface area (Å²) in [4.78, 5) is 22.0. The van der Waals surface area contributed by atoms with Crippen LogP contribution < -0.4 is 4.74 Å². The van der Waals surface area contributed by atoms with E-state index in [1.165, 1.54) is 7.11 Å². The van der Waals surface area contributed by atoms with Crippen molar-refractivity contribution in [2.24, 2.45) is 0 Å². The van der Waals surface area contributed by atoms with E-state index in [1.54, 1.807) is 0 Å². The van der Waals surface area contributed by atoms with Crippen LogP contribution in [0.2, 0.25) is 0 Å². The molecule has 0 aromatic heterocycles. The summed E-state index contributed by atoms with van der Waals surface area (Å²) in [6.07, 6.45) is -4.68. The molecule has 0 saturated carbocycles. The lowest BCUT2D eigenvalue weighted by molar-refractivity contribution is -0.137. The molecule has 98 valence electrons. The lowest BCUT2D eigenvalue weighted by Gasteiger charge is -2.13. The van der Waals surface area contributed by atoms with Crippen LogP contribution in [0.25, 0.3) is 0 Å². The van der Waals surface area contributed by atoms with Gasteiger partial charge >= 0.3 is 6.18 Å². The number of alkyl halides is 4. The van der Waals surface area contributed by atoms with Gasteiger partial charge < -0.3 is 4.74 Å². The Balaban J connectivity index is 3.53. The van der Waals surface area contributed by atoms with Crippen LogP contribution >= 0.6 is 11.6 Å². The van der Waals surface area contributed by atoms with Gasteiger partial charge in [0.05, 0.1) is 24.1 Å². The molecule has 0 bridgehead atoms. The predicted octanol–water partition coefficient (Wildman–Crippen LogP) is 2.95. The maximum Gasteiger partial charge on any atom is 0.417 e. The van der Waals surface area contributed by atoms with Crippen LogP contribution in [0.5, 0.6) is 5.75 Å². The van der Waals surface area contributed by atoms with E-state index in [0.29, 0.717) is 6.07 Å². The van der Waals surface area contributed by atoms with Crippen LogP contribution in [0.4, 0.5) is 13.2 Å². The summed E-state index contributed by atoms with van der Waals surface area (Å²) in [5, 5.41) is 0. The van der Waals surface area contributed by atoms with Crippen molar-refractivity contribution in [3.63, 3.8) is 0 Å². The first-order chi connectivity index (χ1) is 8.35. The van der Waals surface area contributed by atoms with E-state index < -0.39 is 29.0 Å². The minimum absolute atomic E-state index is 0.0558. The standard InChI is InChI=1S/C11H8ClF3O3/c1-18-10-2-6(5-16)8(11(13,14)15)3-7(10)9(17)4-12/h2-3,5H,4H2,1H3. The van der Waals surface area contributed by atoms with E-state index >= 15 is 0 Å². The molecule has 0 atom stereocenters. The average Bonchev–Trinajstić information content (AvgIpc) is 2.34. The number of hydrogen-bond acceptors (Lipinski definition) is 3. The van der Waals surface area contributed by atoms with Gasteiger partial charge in [0.1, 0.15) is 5.75 Å². The molecule has 0 saturated heterocycles. The van der Waals surface area contributed by atoms with E-state index in [-0.39, 0.29) is 17.6 Å². The second-order valence-corrected chi connectivity index (χ2v) is 3.58. The van der Waals surface area contributed by atoms with Crippen LogP contribution in [-0.4, -0.2) is 25.1 Å². The first-order valence-corrected chi connectivity index (χ1v) is 5.22. The second-order valence-electron chi connectivity index (χ2n) is 3.31. The van der Waals surface area contributed by atoms with Gasteiger partial charge in [0.25, 0.3) is 0 Å². The highest BCUT2D eigenvalue weighted by molar-refractivity contribution is 6.30. The van der Waals surface area contributed by atoms with Crippen LogP contribution in [0.3, 0.4) is 0 Å². The summed E-state index contributed by atoms with van der Waals surface area (Å²) in [5.41, 5.74) is -2.08. The number of carbonyl (C=O) groups excluding carboxylic acids is 2. The monoisotopic (exact) mass is 280 g/mol. The fraction of sp³-hybridized carbons (Fsp3) is 0.273. The molecule has 0 radical (unpaired) electrons. The zero-order chi connectivity index (χ0) is 13.9. The van der Waals surface area contributed by atoms with E-state index in [1.807, 2.05) is 0 Å². The molecule has 0 aliphatic carbocycles. The van der Waals surface area contributed by atoms with Crippen LogP contribution in [0, 0.1) is 0 Å². The zero-order valence-corrected chi connectivity index (χ0v) is 9.93. The Morgan fingerprint density at radius 2 is 2.06 bits per heavy atom. The number of halogens is 4. The molecule has 0 heterocycles. The summed E-state index contributed by atoms with van der Waals surface area (Å²) in [7, 11) is 1.18. The molecule has 1 aromatic rings. The Kier molecular flexibility index (Phi) is 4.34. The molecule has 0 fully saturated rings. The number of methoxy groups -OCH3 is 1. The van der Waals surface area contributed by atoms with Crippen molar-refractivity contribution in [2.75, 3.05) is 13.0 Å². The van der Waals surface area contributed by atoms with Gasteiger partial charge in [-0.25, -0.2) is 0 Å². The van der Waals surface area contributed by atoms with E-state index in [0.717, 1.165) is 6.07 Å². The minimum atomic E-state index is -4.73. The lowest BCUT2D eigenvalue weighted by atomic mass is 10.0. The van der Waals surface area contributed by atoms with Gasteiger partial charge in [0.15, 0.2) is 12.1 Å². The topological polar surface area (TPSA) is 43.4 Å². The summed E-state index contributed by atoms with van der Waals surface area (Å²) >= 11 is 5.30. The maximum absolute atomic E-state index is 12.7. The Bertz CT molecular complexity index is 483. The van der Waals surface area contributed by atoms with Gasteiger partial charge in [0.2, 0.25) is 0 Å². The second kappa shape index (κ2) is 5.39. The number of ketones is 1. The van der Waals surface area contributed by atoms with Gasteiger partial charge in [-0.3, -0.25) is 9.59 Å². The van der Waals surface area contributed by atoms with E-state index in [2.05, 4.69) is 0 Å². The van der Waals surface area contributed by atoms with Gasteiger partial charge in [-0.15, -0.1) is 11.6 Å². The normalized spacial score (nSPS) is 11.2. The van der Waals surface area contributed by atoms with Gasteiger partial charge in [-0.05, 0) is 12.1 Å².